The minimum Gasteiger partial charge on any atom is -0.477 e. The van der Waals surface area contributed by atoms with E-state index in [1.165, 1.54) is 0 Å². The van der Waals surface area contributed by atoms with E-state index in [-0.39, 0.29) is 24.1 Å². The number of carbonyl (C=O) groups excluding carboxylic acids is 3. The fourth-order valence-electron chi connectivity index (χ4n) is 4.79. The van der Waals surface area contributed by atoms with Crippen molar-refractivity contribution in [2.24, 2.45) is 0 Å². The molecule has 3 N–H and O–H groups in total. The number of carbonyl (C=O) groups is 4. The number of aromatic carboxylic acids is 1. The molecular formula is C25H21F2N3O5. The maximum Gasteiger partial charge on any atom is 0.352 e. The fourth-order valence-corrected chi connectivity index (χ4v) is 4.79. The van der Waals surface area contributed by atoms with Gasteiger partial charge in [-0.15, -0.1) is 0 Å². The fraction of sp³-hybridized carbons (Fsp3) is 0.280. The first-order valence-corrected chi connectivity index (χ1v) is 11.1. The molecule has 0 bridgehead atoms. The van der Waals surface area contributed by atoms with E-state index in [4.69, 9.17) is 0 Å². The van der Waals surface area contributed by atoms with Gasteiger partial charge in [-0.1, -0.05) is 36.4 Å². The molecule has 0 unspecified atom stereocenters. The number of H-pyrrole nitrogens is 1. The van der Waals surface area contributed by atoms with Gasteiger partial charge in [0.25, 0.3) is 5.91 Å². The van der Waals surface area contributed by atoms with Gasteiger partial charge in [-0.2, -0.15) is 0 Å². The van der Waals surface area contributed by atoms with Crippen molar-refractivity contribution >= 4 is 34.6 Å². The number of nitrogens with zero attached hydrogens (tertiary/aromatic N) is 1. The van der Waals surface area contributed by atoms with Gasteiger partial charge in [0.1, 0.15) is 11.2 Å². The largest absolute Gasteiger partial charge is 0.477 e. The normalized spacial score (nSPS) is 18.7. The summed E-state index contributed by atoms with van der Waals surface area (Å²) in [4.78, 5) is 53.1. The molecule has 1 spiro atoms. The standard InChI is InChI=1S/C25H21F2N3O5/c26-25(27)10-8-24(9-11-25)22(34)30(23(35)29-24)13-20(31)15-6-4-14(5-7-15)16-2-1-3-18-17(16)12-19(28-18)21(32)33/h1-7,12,28H,8-11,13H2,(H,29,35)(H,32,33). The summed E-state index contributed by atoms with van der Waals surface area (Å²) in [6.45, 7) is -0.489. The van der Waals surface area contributed by atoms with Crippen LogP contribution in [0.2, 0.25) is 0 Å². The van der Waals surface area contributed by atoms with Crippen molar-refractivity contribution in [3.8, 4) is 11.1 Å². The molecule has 3 aromatic rings. The number of halogens is 2. The Balaban J connectivity index is 1.33. The zero-order valence-electron chi connectivity index (χ0n) is 18.4. The van der Waals surface area contributed by atoms with Crippen molar-refractivity contribution in [2.45, 2.75) is 37.1 Å². The van der Waals surface area contributed by atoms with Gasteiger partial charge in [0.05, 0.1) is 6.54 Å². The lowest BCUT2D eigenvalue weighted by atomic mass is 9.80. The highest BCUT2D eigenvalue weighted by Gasteiger charge is 2.55. The first kappa shape index (κ1) is 22.7. The Hall–Kier alpha value is -4.08. The number of benzene rings is 2. The van der Waals surface area contributed by atoms with Crippen LogP contribution in [-0.2, 0) is 4.79 Å². The number of alkyl halides is 2. The molecule has 5 rings (SSSR count). The lowest BCUT2D eigenvalue weighted by molar-refractivity contribution is -0.135. The van der Waals surface area contributed by atoms with Crippen molar-refractivity contribution in [2.75, 3.05) is 6.54 Å². The van der Waals surface area contributed by atoms with Crippen LogP contribution < -0.4 is 5.32 Å². The Morgan fingerprint density at radius 1 is 1.00 bits per heavy atom. The van der Waals surface area contributed by atoms with E-state index in [0.717, 1.165) is 16.0 Å². The van der Waals surface area contributed by atoms with E-state index in [9.17, 15) is 33.1 Å². The second kappa shape index (κ2) is 8.00. The summed E-state index contributed by atoms with van der Waals surface area (Å²) in [6.07, 6.45) is -1.33. The van der Waals surface area contributed by atoms with Crippen LogP contribution in [0.1, 0.15) is 46.5 Å². The molecule has 1 aliphatic carbocycles. The maximum atomic E-state index is 13.6. The number of urea groups is 1. The summed E-state index contributed by atoms with van der Waals surface area (Å²) in [7, 11) is 0. The number of hydrogen-bond acceptors (Lipinski definition) is 4. The van der Waals surface area contributed by atoms with Crippen LogP contribution in [0.15, 0.2) is 48.5 Å². The number of rotatable bonds is 5. The predicted octanol–water partition coefficient (Wildman–Crippen LogP) is 4.22. The van der Waals surface area contributed by atoms with Crippen LogP contribution in [0.3, 0.4) is 0 Å². The number of carboxylic acids is 1. The Morgan fingerprint density at radius 3 is 2.34 bits per heavy atom. The van der Waals surface area contributed by atoms with Crippen LogP contribution >= 0.6 is 0 Å². The summed E-state index contributed by atoms with van der Waals surface area (Å²) < 4.78 is 27.1. The van der Waals surface area contributed by atoms with Crippen molar-refractivity contribution in [3.05, 3.63) is 59.8 Å². The average molecular weight is 481 g/mol. The van der Waals surface area contributed by atoms with Crippen LogP contribution in [0.25, 0.3) is 22.0 Å². The van der Waals surface area contributed by atoms with E-state index in [0.29, 0.717) is 10.9 Å². The molecule has 1 saturated carbocycles. The number of imide groups is 1. The number of ketones is 1. The lowest BCUT2D eigenvalue weighted by Gasteiger charge is -2.34. The van der Waals surface area contributed by atoms with Crippen molar-refractivity contribution in [1.29, 1.82) is 0 Å². The minimum atomic E-state index is -2.86. The van der Waals surface area contributed by atoms with E-state index in [1.807, 2.05) is 6.07 Å². The number of aromatic nitrogens is 1. The number of amides is 3. The molecular weight excluding hydrogens is 460 g/mol. The Morgan fingerprint density at radius 2 is 1.69 bits per heavy atom. The molecule has 1 aliphatic heterocycles. The number of Topliss-reactive ketones (excluding diaryl/α,β-unsaturated/α-hetero) is 1. The van der Waals surface area contributed by atoms with E-state index < -0.39 is 54.5 Å². The van der Waals surface area contributed by atoms with Gasteiger partial charge in [-0.3, -0.25) is 14.5 Å². The third-order valence-electron chi connectivity index (χ3n) is 6.80. The number of aromatic amines is 1. The third-order valence-corrected chi connectivity index (χ3v) is 6.80. The first-order chi connectivity index (χ1) is 16.6. The summed E-state index contributed by atoms with van der Waals surface area (Å²) in [5.41, 5.74) is 1.15. The molecule has 10 heteroatoms. The van der Waals surface area contributed by atoms with E-state index in [1.54, 1.807) is 42.5 Å². The molecule has 3 amide bonds. The second-order valence-corrected chi connectivity index (χ2v) is 9.02. The number of fused-ring (bicyclic) bond motifs is 1. The van der Waals surface area contributed by atoms with E-state index >= 15 is 0 Å². The van der Waals surface area contributed by atoms with Crippen LogP contribution in [-0.4, -0.2) is 56.7 Å². The molecule has 35 heavy (non-hydrogen) atoms. The highest BCUT2D eigenvalue weighted by molar-refractivity contribution is 6.11. The minimum absolute atomic E-state index is 0.0623. The zero-order valence-corrected chi connectivity index (χ0v) is 18.4. The summed E-state index contributed by atoms with van der Waals surface area (Å²) >= 11 is 0. The topological polar surface area (TPSA) is 120 Å². The lowest BCUT2D eigenvalue weighted by Crippen LogP contribution is -2.51. The quantitative estimate of drug-likeness (QED) is 0.372. The van der Waals surface area contributed by atoms with Gasteiger partial charge >= 0.3 is 12.0 Å². The van der Waals surface area contributed by atoms with Gasteiger partial charge in [-0.05, 0) is 36.1 Å². The molecule has 2 fully saturated rings. The van der Waals surface area contributed by atoms with Crippen molar-refractivity contribution in [3.63, 3.8) is 0 Å². The van der Waals surface area contributed by atoms with Gasteiger partial charge in [-0.25, -0.2) is 18.4 Å². The summed E-state index contributed by atoms with van der Waals surface area (Å²) in [6, 6.07) is 12.7. The third kappa shape index (κ3) is 3.94. The molecule has 1 aromatic heterocycles. The highest BCUT2D eigenvalue weighted by Crippen LogP contribution is 2.41. The van der Waals surface area contributed by atoms with Gasteiger partial charge in [0.15, 0.2) is 5.78 Å². The van der Waals surface area contributed by atoms with Crippen LogP contribution in [0.5, 0.6) is 0 Å². The average Bonchev–Trinajstić information content (AvgIpc) is 3.37. The Kier molecular flexibility index (Phi) is 5.19. The zero-order chi connectivity index (χ0) is 25.0. The highest BCUT2D eigenvalue weighted by atomic mass is 19.3. The molecule has 2 aromatic carbocycles. The molecule has 1 saturated heterocycles. The Labute approximate surface area is 197 Å². The smallest absolute Gasteiger partial charge is 0.352 e. The summed E-state index contributed by atoms with van der Waals surface area (Å²) in [5, 5.41) is 12.5. The van der Waals surface area contributed by atoms with Crippen LogP contribution in [0.4, 0.5) is 13.6 Å². The first-order valence-electron chi connectivity index (χ1n) is 11.1. The summed E-state index contributed by atoms with van der Waals surface area (Å²) in [5.74, 6) is -5.04. The van der Waals surface area contributed by atoms with E-state index in [2.05, 4.69) is 10.3 Å². The van der Waals surface area contributed by atoms with Gasteiger partial charge < -0.3 is 15.4 Å². The molecule has 0 atom stereocenters. The number of carboxylic acid groups (broad SMARTS) is 1. The maximum absolute atomic E-state index is 13.6. The molecule has 2 aliphatic rings. The van der Waals surface area contributed by atoms with Gasteiger partial charge in [0.2, 0.25) is 5.92 Å². The number of nitrogens with one attached hydrogen (secondary N) is 2. The Bertz CT molecular complexity index is 1370. The van der Waals surface area contributed by atoms with Crippen molar-refractivity contribution < 1.29 is 33.1 Å². The second-order valence-electron chi connectivity index (χ2n) is 9.02. The number of hydrogen-bond donors (Lipinski definition) is 3. The van der Waals surface area contributed by atoms with Crippen LogP contribution in [0, 0.1) is 0 Å². The SMILES string of the molecule is O=C(CN1C(=O)NC2(CCC(F)(F)CC2)C1=O)c1ccc(-c2cccc3[nH]c(C(=O)O)cc23)cc1. The molecule has 8 nitrogen and oxygen atoms in total. The predicted molar refractivity (Wildman–Crippen MR) is 121 cm³/mol. The monoisotopic (exact) mass is 481 g/mol. The van der Waals surface area contributed by atoms with Crippen molar-refractivity contribution in [1.82, 2.24) is 15.2 Å². The molecule has 0 radical (unpaired) electrons. The molecule has 2 heterocycles. The van der Waals surface area contributed by atoms with Gasteiger partial charge in [0, 0.05) is 29.3 Å². The molecule has 180 valence electrons.